The molecule has 1 aliphatic rings. The zero-order chi connectivity index (χ0) is 12.8. The van der Waals surface area contributed by atoms with Crippen molar-refractivity contribution in [3.63, 3.8) is 0 Å². The van der Waals surface area contributed by atoms with Crippen LogP contribution in [-0.4, -0.2) is 29.8 Å². The lowest BCUT2D eigenvalue weighted by Gasteiger charge is -2.21. The number of hydrogen-bond donors (Lipinski definition) is 0. The highest BCUT2D eigenvalue weighted by Crippen LogP contribution is 2.22. The van der Waals surface area contributed by atoms with E-state index in [9.17, 15) is 4.21 Å². The van der Waals surface area contributed by atoms with Crippen LogP contribution in [0.2, 0.25) is 0 Å². The molecule has 1 heterocycles. The van der Waals surface area contributed by atoms with E-state index in [1.165, 1.54) is 0 Å². The molecule has 0 bridgehead atoms. The number of ether oxygens (including phenoxy) is 2. The Morgan fingerprint density at radius 1 is 1.28 bits per heavy atom. The monoisotopic (exact) mass is 272 g/mol. The molecule has 0 saturated carbocycles. The van der Waals surface area contributed by atoms with Gasteiger partial charge in [-0.15, -0.1) is 0 Å². The molecule has 1 fully saturated rings. The number of hydrogen-bond acceptors (Lipinski definition) is 5. The van der Waals surface area contributed by atoms with Gasteiger partial charge in [0.15, 0.2) is 5.79 Å². The second kappa shape index (κ2) is 6.29. The molecule has 1 aromatic rings. The molecule has 1 saturated heterocycles. The molecule has 0 aromatic heterocycles. The maximum absolute atomic E-state index is 11.5. The highest BCUT2D eigenvalue weighted by Gasteiger charge is 2.30. The second-order valence-electron chi connectivity index (χ2n) is 4.00. The topological polar surface area (TPSA) is 54.0 Å². The predicted octanol–water partition coefficient (Wildman–Crippen LogP) is 1.81. The smallest absolute Gasteiger partial charge is 0.360 e. The molecule has 0 N–H and O–H groups in total. The van der Waals surface area contributed by atoms with E-state index >= 15 is 0 Å². The number of para-hydroxylation sites is 1. The first kappa shape index (κ1) is 13.5. The Bertz CT molecular complexity index is 389. The molecule has 0 radical (unpaired) electrons. The third-order valence-electron chi connectivity index (χ3n) is 2.54. The summed E-state index contributed by atoms with van der Waals surface area (Å²) in [5.41, 5.74) is 0. The van der Waals surface area contributed by atoms with Gasteiger partial charge in [0, 0.05) is 6.42 Å². The summed E-state index contributed by atoms with van der Waals surface area (Å²) in [6.45, 7) is 3.25. The van der Waals surface area contributed by atoms with Gasteiger partial charge >= 0.3 is 11.4 Å². The van der Waals surface area contributed by atoms with Gasteiger partial charge in [-0.1, -0.05) is 18.2 Å². The minimum Gasteiger partial charge on any atom is -0.380 e. The molecule has 2 rings (SSSR count). The molecule has 1 aromatic carbocycles. The van der Waals surface area contributed by atoms with Gasteiger partial charge in [0.25, 0.3) is 0 Å². The van der Waals surface area contributed by atoms with Crippen molar-refractivity contribution in [1.29, 1.82) is 0 Å². The Kier molecular flexibility index (Phi) is 4.71. The number of benzene rings is 1. The lowest BCUT2D eigenvalue weighted by molar-refractivity contribution is -0.150. The third-order valence-corrected chi connectivity index (χ3v) is 3.23. The summed E-state index contributed by atoms with van der Waals surface area (Å²) in [6, 6.07) is 8.88. The van der Waals surface area contributed by atoms with Crippen LogP contribution < -0.4 is 4.18 Å². The third kappa shape index (κ3) is 4.06. The van der Waals surface area contributed by atoms with Crippen molar-refractivity contribution in [3.05, 3.63) is 30.3 Å². The maximum Gasteiger partial charge on any atom is 0.360 e. The van der Waals surface area contributed by atoms with Crippen LogP contribution in [0.4, 0.5) is 0 Å². The molecule has 1 atom stereocenters. The Morgan fingerprint density at radius 2 is 1.94 bits per heavy atom. The standard InChI is InChI=1S/C12H16O5S/c1-12(14-9-10-15-12)7-8-16-18(13)17-11-5-3-2-4-6-11/h2-6H,7-10H2,1H3. The second-order valence-corrected chi connectivity index (χ2v) is 4.81. The van der Waals surface area contributed by atoms with Gasteiger partial charge in [-0.3, -0.25) is 4.18 Å². The molecular weight excluding hydrogens is 256 g/mol. The predicted molar refractivity (Wildman–Crippen MR) is 66.1 cm³/mol. The van der Waals surface area contributed by atoms with Gasteiger partial charge < -0.3 is 13.7 Å². The molecule has 0 amide bonds. The summed E-state index contributed by atoms with van der Waals surface area (Å²) < 4.78 is 32.4. The van der Waals surface area contributed by atoms with Crippen LogP contribution in [0.25, 0.3) is 0 Å². The number of rotatable bonds is 6. The lowest BCUT2D eigenvalue weighted by Crippen LogP contribution is -2.27. The average molecular weight is 272 g/mol. The van der Waals surface area contributed by atoms with Gasteiger partial charge in [0.1, 0.15) is 5.75 Å². The highest BCUT2D eigenvalue weighted by atomic mass is 32.2. The molecular formula is C12H16O5S. The average Bonchev–Trinajstić information content (AvgIpc) is 2.77. The quantitative estimate of drug-likeness (QED) is 0.790. The van der Waals surface area contributed by atoms with Gasteiger partial charge in [0.2, 0.25) is 0 Å². The zero-order valence-corrected chi connectivity index (χ0v) is 11.0. The minimum atomic E-state index is -1.80. The lowest BCUT2D eigenvalue weighted by atomic mass is 10.2. The largest absolute Gasteiger partial charge is 0.380 e. The SMILES string of the molecule is CC1(CCOS(=O)Oc2ccccc2)OCCO1. The van der Waals surface area contributed by atoms with Gasteiger partial charge in [-0.25, -0.2) is 0 Å². The van der Waals surface area contributed by atoms with E-state index in [1.807, 2.05) is 13.0 Å². The van der Waals surface area contributed by atoms with Crippen molar-refractivity contribution >= 4 is 11.4 Å². The Balaban J connectivity index is 1.69. The fourth-order valence-corrected chi connectivity index (χ4v) is 2.11. The van der Waals surface area contributed by atoms with Crippen molar-refractivity contribution in [2.45, 2.75) is 19.1 Å². The van der Waals surface area contributed by atoms with E-state index in [-0.39, 0.29) is 6.61 Å². The summed E-state index contributed by atoms with van der Waals surface area (Å²) in [5, 5.41) is 0. The van der Waals surface area contributed by atoms with Crippen molar-refractivity contribution in [1.82, 2.24) is 0 Å². The van der Waals surface area contributed by atoms with E-state index in [0.29, 0.717) is 25.4 Å². The molecule has 1 unspecified atom stereocenters. The zero-order valence-electron chi connectivity index (χ0n) is 10.2. The van der Waals surface area contributed by atoms with Crippen LogP contribution in [0.3, 0.4) is 0 Å². The Morgan fingerprint density at radius 3 is 2.61 bits per heavy atom. The fraction of sp³-hybridized carbons (Fsp3) is 0.500. The van der Waals surface area contributed by atoms with Crippen molar-refractivity contribution < 1.29 is 22.0 Å². The van der Waals surface area contributed by atoms with E-state index in [0.717, 1.165) is 0 Å². The summed E-state index contributed by atoms with van der Waals surface area (Å²) in [5.74, 6) is -0.118. The van der Waals surface area contributed by atoms with Crippen LogP contribution in [0.1, 0.15) is 13.3 Å². The van der Waals surface area contributed by atoms with Crippen LogP contribution in [-0.2, 0) is 25.0 Å². The normalized spacial score (nSPS) is 19.6. The van der Waals surface area contributed by atoms with Crippen molar-refractivity contribution in [2.75, 3.05) is 19.8 Å². The molecule has 100 valence electrons. The Hall–Kier alpha value is -0.950. The van der Waals surface area contributed by atoms with Crippen LogP contribution in [0, 0.1) is 0 Å². The van der Waals surface area contributed by atoms with E-state index in [2.05, 4.69) is 0 Å². The van der Waals surface area contributed by atoms with Crippen LogP contribution in [0.15, 0.2) is 30.3 Å². The highest BCUT2D eigenvalue weighted by molar-refractivity contribution is 7.75. The summed E-state index contributed by atoms with van der Waals surface area (Å²) in [6.07, 6.45) is 0.511. The first-order valence-electron chi connectivity index (χ1n) is 5.74. The van der Waals surface area contributed by atoms with Crippen molar-refractivity contribution in [3.8, 4) is 5.75 Å². The summed E-state index contributed by atoms with van der Waals surface area (Å²) in [7, 11) is 0. The minimum absolute atomic E-state index is 0.246. The van der Waals surface area contributed by atoms with Gasteiger partial charge in [-0.05, 0) is 19.1 Å². The molecule has 18 heavy (non-hydrogen) atoms. The molecule has 1 aliphatic heterocycles. The van der Waals surface area contributed by atoms with E-state index in [4.69, 9.17) is 17.8 Å². The summed E-state index contributed by atoms with van der Waals surface area (Å²) in [4.78, 5) is 0. The van der Waals surface area contributed by atoms with Gasteiger partial charge in [0.05, 0.1) is 19.8 Å². The Labute approximate surface area is 109 Å². The molecule has 5 nitrogen and oxygen atoms in total. The van der Waals surface area contributed by atoms with E-state index in [1.54, 1.807) is 24.3 Å². The van der Waals surface area contributed by atoms with Crippen LogP contribution in [0.5, 0.6) is 5.75 Å². The fourth-order valence-electron chi connectivity index (χ4n) is 1.57. The first-order valence-corrected chi connectivity index (χ1v) is 6.74. The first-order chi connectivity index (χ1) is 8.68. The summed E-state index contributed by atoms with van der Waals surface area (Å²) >= 11 is -1.80. The van der Waals surface area contributed by atoms with E-state index < -0.39 is 17.1 Å². The van der Waals surface area contributed by atoms with Gasteiger partial charge in [-0.2, -0.15) is 4.21 Å². The maximum atomic E-state index is 11.5. The van der Waals surface area contributed by atoms with Crippen molar-refractivity contribution in [2.24, 2.45) is 0 Å². The van der Waals surface area contributed by atoms with Crippen LogP contribution >= 0.6 is 0 Å². The molecule has 0 aliphatic carbocycles. The molecule has 0 spiro atoms. The molecule has 6 heteroatoms.